The molecule has 0 bridgehead atoms. The van der Waals surface area contributed by atoms with Gasteiger partial charge in [-0.1, -0.05) is 20.8 Å². The van der Waals surface area contributed by atoms with Gasteiger partial charge in [0.15, 0.2) is 0 Å². The summed E-state index contributed by atoms with van der Waals surface area (Å²) in [7, 11) is 0. The van der Waals surface area contributed by atoms with E-state index in [2.05, 4.69) is 26.1 Å². The Morgan fingerprint density at radius 3 is 2.44 bits per heavy atom. The molecule has 0 saturated heterocycles. The molecule has 0 radical (unpaired) electrons. The number of hydrogen-bond acceptors (Lipinski definition) is 3. The second-order valence-corrected chi connectivity index (χ2v) is 6.11. The predicted octanol–water partition coefficient (Wildman–Crippen LogP) is 0.639. The largest absolute Gasteiger partial charge is 0.391 e. The second-order valence-electron chi connectivity index (χ2n) is 6.11. The Bertz CT molecular complexity index is 254. The molecule has 1 amide bonds. The zero-order valence-electron chi connectivity index (χ0n) is 10.5. The molecule has 4 N–H and O–H groups in total. The molecule has 0 aromatic rings. The molecule has 0 aliphatic heterocycles. The van der Waals surface area contributed by atoms with Gasteiger partial charge in [0.2, 0.25) is 5.91 Å². The van der Waals surface area contributed by atoms with Gasteiger partial charge in [-0.3, -0.25) is 4.79 Å². The first-order chi connectivity index (χ1) is 7.29. The lowest BCUT2D eigenvalue weighted by Gasteiger charge is -2.23. The monoisotopic (exact) mass is 228 g/mol. The van der Waals surface area contributed by atoms with Crippen molar-refractivity contribution >= 4 is 5.91 Å². The van der Waals surface area contributed by atoms with Crippen LogP contribution in [0.1, 0.15) is 40.0 Å². The van der Waals surface area contributed by atoms with E-state index in [4.69, 9.17) is 5.73 Å². The van der Waals surface area contributed by atoms with Crippen LogP contribution in [-0.4, -0.2) is 30.2 Å². The maximum atomic E-state index is 11.7. The number of nitrogens with one attached hydrogen (secondary N) is 1. The van der Waals surface area contributed by atoms with Crippen LogP contribution < -0.4 is 11.1 Å². The molecule has 1 fully saturated rings. The average molecular weight is 228 g/mol. The Balaban J connectivity index is 2.27. The summed E-state index contributed by atoms with van der Waals surface area (Å²) in [6, 6.07) is 0. The summed E-state index contributed by atoms with van der Waals surface area (Å²) in [6.07, 6.45) is 1.97. The Hall–Kier alpha value is -0.610. The molecule has 16 heavy (non-hydrogen) atoms. The molecule has 1 aliphatic rings. The average Bonchev–Trinajstić information content (AvgIpc) is 2.92. The summed E-state index contributed by atoms with van der Waals surface area (Å²) >= 11 is 0. The third-order valence-corrected chi connectivity index (χ3v) is 3.07. The maximum Gasteiger partial charge on any atom is 0.227 e. The van der Waals surface area contributed by atoms with Gasteiger partial charge in [0.25, 0.3) is 0 Å². The lowest BCUT2D eigenvalue weighted by atomic mass is 9.89. The van der Waals surface area contributed by atoms with E-state index in [0.717, 1.165) is 12.8 Å². The van der Waals surface area contributed by atoms with E-state index < -0.39 is 6.10 Å². The van der Waals surface area contributed by atoms with Crippen LogP contribution in [-0.2, 0) is 4.79 Å². The van der Waals surface area contributed by atoms with E-state index in [1.165, 1.54) is 0 Å². The highest BCUT2D eigenvalue weighted by Crippen LogP contribution is 2.44. The fourth-order valence-corrected chi connectivity index (χ4v) is 1.85. The molecule has 0 heterocycles. The van der Waals surface area contributed by atoms with Crippen molar-refractivity contribution in [3.63, 3.8) is 0 Å². The lowest BCUT2D eigenvalue weighted by Crippen LogP contribution is -2.41. The minimum Gasteiger partial charge on any atom is -0.391 e. The van der Waals surface area contributed by atoms with Gasteiger partial charge in [0.05, 0.1) is 11.5 Å². The molecular weight excluding hydrogens is 204 g/mol. The molecule has 1 aliphatic carbocycles. The Kier molecular flexibility index (Phi) is 3.97. The van der Waals surface area contributed by atoms with E-state index in [9.17, 15) is 9.90 Å². The van der Waals surface area contributed by atoms with Crippen LogP contribution in [0.4, 0.5) is 0 Å². The molecule has 1 atom stereocenters. The van der Waals surface area contributed by atoms with Gasteiger partial charge in [-0.05, 0) is 24.7 Å². The van der Waals surface area contributed by atoms with Gasteiger partial charge in [-0.25, -0.2) is 0 Å². The summed E-state index contributed by atoms with van der Waals surface area (Å²) in [4.78, 5) is 11.7. The van der Waals surface area contributed by atoms with E-state index in [1.54, 1.807) is 0 Å². The van der Waals surface area contributed by atoms with Crippen LogP contribution in [0, 0.1) is 10.8 Å². The maximum absolute atomic E-state index is 11.7. The molecule has 1 unspecified atom stereocenters. The molecule has 1 rings (SSSR count). The highest BCUT2D eigenvalue weighted by atomic mass is 16.3. The minimum atomic E-state index is -0.475. The number of hydrogen-bond donors (Lipinski definition) is 3. The number of aliphatic hydroxyl groups excluding tert-OH is 1. The van der Waals surface area contributed by atoms with Crippen molar-refractivity contribution in [2.24, 2.45) is 16.6 Å². The summed E-state index contributed by atoms with van der Waals surface area (Å²) in [6.45, 7) is 6.95. The zero-order chi connectivity index (χ0) is 12.4. The lowest BCUT2D eigenvalue weighted by molar-refractivity contribution is -0.126. The summed E-state index contributed by atoms with van der Waals surface area (Å²) < 4.78 is 0. The van der Waals surface area contributed by atoms with E-state index in [-0.39, 0.29) is 16.7 Å². The number of aliphatic hydroxyl groups is 1. The third-order valence-electron chi connectivity index (χ3n) is 3.07. The fourth-order valence-electron chi connectivity index (χ4n) is 1.85. The van der Waals surface area contributed by atoms with E-state index >= 15 is 0 Å². The van der Waals surface area contributed by atoms with Crippen LogP contribution in [0.25, 0.3) is 0 Å². The minimum absolute atomic E-state index is 0.00274. The van der Waals surface area contributed by atoms with Gasteiger partial charge in [0, 0.05) is 13.1 Å². The molecule has 0 aromatic carbocycles. The van der Waals surface area contributed by atoms with E-state index in [1.807, 2.05) is 0 Å². The van der Waals surface area contributed by atoms with Crippen molar-refractivity contribution in [2.45, 2.75) is 46.1 Å². The molecule has 4 nitrogen and oxygen atoms in total. The van der Waals surface area contributed by atoms with Crippen LogP contribution in [0.3, 0.4) is 0 Å². The first-order valence-electron chi connectivity index (χ1n) is 5.95. The molecular formula is C12H24N2O2. The SMILES string of the molecule is CC(C)(C)CC(O)CNC(=O)C1(CN)CC1. The van der Waals surface area contributed by atoms with Crippen LogP contribution in [0.2, 0.25) is 0 Å². The highest BCUT2D eigenvalue weighted by Gasteiger charge is 2.48. The smallest absolute Gasteiger partial charge is 0.227 e. The Morgan fingerprint density at radius 2 is 2.06 bits per heavy atom. The van der Waals surface area contributed by atoms with Crippen molar-refractivity contribution in [3.05, 3.63) is 0 Å². The molecule has 4 heteroatoms. The predicted molar refractivity (Wildman–Crippen MR) is 63.8 cm³/mol. The van der Waals surface area contributed by atoms with Crippen molar-refractivity contribution in [2.75, 3.05) is 13.1 Å². The molecule has 0 spiro atoms. The first-order valence-corrected chi connectivity index (χ1v) is 5.95. The standard InChI is InChI=1S/C12H24N2O2/c1-11(2,3)6-9(15)7-14-10(16)12(8-13)4-5-12/h9,15H,4-8,13H2,1-3H3,(H,14,16). The summed E-state index contributed by atoms with van der Waals surface area (Å²) in [5, 5.41) is 12.5. The fraction of sp³-hybridized carbons (Fsp3) is 0.917. The van der Waals surface area contributed by atoms with Gasteiger partial charge in [0.1, 0.15) is 0 Å². The van der Waals surface area contributed by atoms with Crippen molar-refractivity contribution in [3.8, 4) is 0 Å². The van der Waals surface area contributed by atoms with Gasteiger partial charge in [-0.15, -0.1) is 0 Å². The van der Waals surface area contributed by atoms with Crippen molar-refractivity contribution in [1.82, 2.24) is 5.32 Å². The normalized spacial score (nSPS) is 20.3. The summed E-state index contributed by atoms with van der Waals surface area (Å²) in [5.41, 5.74) is 5.32. The first kappa shape index (κ1) is 13.5. The third kappa shape index (κ3) is 3.76. The Morgan fingerprint density at radius 1 is 1.50 bits per heavy atom. The van der Waals surface area contributed by atoms with Gasteiger partial charge < -0.3 is 16.2 Å². The second kappa shape index (κ2) is 4.72. The van der Waals surface area contributed by atoms with Gasteiger partial charge >= 0.3 is 0 Å². The number of amides is 1. The molecule has 94 valence electrons. The van der Waals surface area contributed by atoms with Gasteiger partial charge in [-0.2, -0.15) is 0 Å². The van der Waals surface area contributed by atoms with Crippen molar-refractivity contribution < 1.29 is 9.90 Å². The van der Waals surface area contributed by atoms with Crippen molar-refractivity contribution in [1.29, 1.82) is 0 Å². The quantitative estimate of drug-likeness (QED) is 0.646. The zero-order valence-corrected chi connectivity index (χ0v) is 10.5. The Labute approximate surface area is 97.6 Å². The summed E-state index contributed by atoms with van der Waals surface area (Å²) in [5.74, 6) is 0.00274. The van der Waals surface area contributed by atoms with E-state index in [0.29, 0.717) is 19.5 Å². The highest BCUT2D eigenvalue weighted by molar-refractivity contribution is 5.85. The van der Waals surface area contributed by atoms with Crippen LogP contribution in [0.15, 0.2) is 0 Å². The topological polar surface area (TPSA) is 75.3 Å². The molecule has 1 saturated carbocycles. The number of nitrogens with two attached hydrogens (primary N) is 1. The number of carbonyl (C=O) groups is 1. The molecule has 0 aromatic heterocycles. The van der Waals surface area contributed by atoms with Crippen LogP contribution in [0.5, 0.6) is 0 Å². The number of rotatable bonds is 5. The van der Waals surface area contributed by atoms with Crippen LogP contribution >= 0.6 is 0 Å². The number of carbonyl (C=O) groups excluding carboxylic acids is 1.